The maximum Gasteiger partial charge on any atom is 2.00 e. The van der Waals surface area contributed by atoms with Crippen molar-refractivity contribution < 1.29 is 18.7 Å². The molecule has 0 amide bonds. The Kier molecular flexibility index (Phi) is 13.7. The smallest absolute Gasteiger partial charge is 1.00 e. The van der Waals surface area contributed by atoms with E-state index in [0.29, 0.717) is 0 Å². The molecular weight excluding hydrogens is 158 g/mol. The van der Waals surface area contributed by atoms with E-state index < -0.39 is 10.3 Å². The number of nitrogens with two attached hydrogens (primary N) is 1. The summed E-state index contributed by atoms with van der Waals surface area (Å²) in [7, 11) is -4.17. The van der Waals surface area contributed by atoms with Crippen molar-refractivity contribution in [2.24, 2.45) is 5.14 Å². The molecule has 0 aliphatic carbocycles. The summed E-state index contributed by atoms with van der Waals surface area (Å²) in [5, 5.41) is 3.88. The second-order valence-electron chi connectivity index (χ2n) is 0.515. The van der Waals surface area contributed by atoms with Gasteiger partial charge in [0.05, 0.1) is 0 Å². The van der Waals surface area contributed by atoms with Crippen molar-refractivity contribution in [3.63, 3.8) is 0 Å². The summed E-state index contributed by atoms with van der Waals surface area (Å²) in [6.45, 7) is 0. The van der Waals surface area contributed by atoms with Crippen LogP contribution in [-0.2, 0) is 10.3 Å². The fourth-order valence-electron chi connectivity index (χ4n) is 0. The minimum Gasteiger partial charge on any atom is -1.00 e. The Hall–Kier alpha value is 1.90. The third kappa shape index (κ3) is 76.4. The summed E-state index contributed by atoms with van der Waals surface area (Å²) in [5.74, 6) is 0. The van der Waals surface area contributed by atoms with Crippen LogP contribution in [0, 0.1) is 0 Å². The Morgan fingerprint density at radius 3 is 1.57 bits per heavy atom. The predicted molar refractivity (Wildman–Crippen MR) is 31.7 cm³/mol. The van der Waals surface area contributed by atoms with E-state index in [1.54, 1.807) is 0 Å². The van der Waals surface area contributed by atoms with E-state index >= 15 is 0 Å². The Morgan fingerprint density at radius 2 is 1.57 bits per heavy atom. The first-order valence-electron chi connectivity index (χ1n) is 0.752. The van der Waals surface area contributed by atoms with Crippen molar-refractivity contribution in [3.8, 4) is 0 Å². The predicted octanol–water partition coefficient (Wildman–Crippen LogP) is -1.56. The van der Waals surface area contributed by atoms with Crippen molar-refractivity contribution in [1.82, 2.24) is 0 Å². The van der Waals surface area contributed by atoms with Gasteiger partial charge in [0.1, 0.15) is 0 Å². The van der Waals surface area contributed by atoms with Crippen molar-refractivity contribution in [2.75, 3.05) is 0 Å². The molecule has 0 bridgehead atoms. The van der Waals surface area contributed by atoms with E-state index in [-0.39, 0.29) is 66.5 Å². The van der Waals surface area contributed by atoms with Crippen LogP contribution in [0.15, 0.2) is 0 Å². The molecule has 0 saturated heterocycles. The van der Waals surface area contributed by atoms with Gasteiger partial charge < -0.3 is 5.71 Å². The fourth-order valence-corrected chi connectivity index (χ4v) is 0. The zero-order chi connectivity index (χ0) is 4.50. The van der Waals surface area contributed by atoms with E-state index in [4.69, 9.17) is 13.0 Å². The van der Waals surface area contributed by atoms with Gasteiger partial charge in [0.2, 0.25) is 0 Å². The van der Waals surface area contributed by atoms with Crippen LogP contribution in [-0.4, -0.2) is 73.8 Å². The first kappa shape index (κ1) is 16.0. The molecule has 0 rings (SSSR count). The number of rotatable bonds is 0. The molecule has 7 heteroatoms. The molecule has 0 atom stereocenters. The normalized spacial score (nSPS) is 8.29. The van der Waals surface area contributed by atoms with Crippen LogP contribution in [0.25, 0.3) is 0 Å². The van der Waals surface area contributed by atoms with Gasteiger partial charge in [-0.15, -0.1) is 0 Å². The van der Waals surface area contributed by atoms with Gasteiger partial charge in [0.15, 0.2) is 0 Å². The zero-order valence-electron chi connectivity index (χ0n) is 7.66. The maximum atomic E-state index is 8.97. The molecule has 0 saturated carbocycles. The summed E-state index contributed by atoms with van der Waals surface area (Å²) in [6, 6.07) is 0. The van der Waals surface area contributed by atoms with Gasteiger partial charge >= 0.3 is 71.1 Å². The summed E-state index contributed by atoms with van der Waals surface area (Å²) in [5.41, 5.74) is 0. The van der Waals surface area contributed by atoms with Crippen LogP contribution >= 0.6 is 0 Å². The summed E-state index contributed by atoms with van der Waals surface area (Å²) in [6.07, 6.45) is 0. The van der Waals surface area contributed by atoms with Crippen LogP contribution in [0.1, 0.15) is 5.71 Å². The summed E-state index contributed by atoms with van der Waals surface area (Å²) in [4.78, 5) is 0. The maximum absolute atomic E-state index is 8.97. The molecule has 0 aliphatic heterocycles. The molecule has 0 aromatic carbocycles. The molecule has 0 heterocycles. The Bertz CT molecular complexity index is 109. The average molecular weight is 166 g/mol. The van der Waals surface area contributed by atoms with Crippen LogP contribution in [0.5, 0.6) is 0 Å². The van der Waals surface area contributed by atoms with Crippen LogP contribution in [0.4, 0.5) is 0 Å². The monoisotopic (exact) mass is 165 g/mol. The van der Waals surface area contributed by atoms with Gasteiger partial charge in [-0.2, -0.15) is 8.42 Å². The quantitative estimate of drug-likeness (QED) is 0.336. The summed E-state index contributed by atoms with van der Waals surface area (Å²) < 4.78 is 25.2. The van der Waals surface area contributed by atoms with E-state index in [0.717, 1.165) is 0 Å². The molecule has 0 spiro atoms. The average Bonchev–Trinajstić information content (AvgIpc) is 0.722. The topological polar surface area (TPSA) is 80.4 Å². The van der Waals surface area contributed by atoms with Crippen LogP contribution < -0.4 is 5.14 Å². The molecule has 7 heavy (non-hydrogen) atoms. The standard InChI is InChI=1S/Ca.Mg.H3NO3S.4H/c;;1-5(2,3)4;;;;/h;;(H3,1,2,3,4);;;;/q2*+2;;4*-1. The van der Waals surface area contributed by atoms with Crippen molar-refractivity contribution in [3.05, 3.63) is 0 Å². The van der Waals surface area contributed by atoms with Gasteiger partial charge in [-0.3, -0.25) is 4.55 Å². The van der Waals surface area contributed by atoms with Gasteiger partial charge in [-0.1, -0.05) is 0 Å². The first-order valence-corrected chi connectivity index (χ1v) is 2.25. The molecule has 4 nitrogen and oxygen atoms in total. The zero-order valence-corrected chi connectivity index (χ0v) is 8.10. The van der Waals surface area contributed by atoms with E-state index in [1.165, 1.54) is 0 Å². The van der Waals surface area contributed by atoms with Crippen molar-refractivity contribution in [2.45, 2.75) is 0 Å². The Morgan fingerprint density at radius 1 is 1.57 bits per heavy atom. The molecule has 3 N–H and O–H groups in total. The Labute approximate surface area is 93.8 Å². The van der Waals surface area contributed by atoms with Crippen LogP contribution in [0.3, 0.4) is 0 Å². The first-order chi connectivity index (χ1) is 2.00. The third-order valence-electron chi connectivity index (χ3n) is 0. The third-order valence-corrected chi connectivity index (χ3v) is 0. The number of hydrogen-bond acceptors (Lipinski definition) is 2. The molecule has 0 aliphatic rings. The summed E-state index contributed by atoms with van der Waals surface area (Å²) >= 11 is 0. The van der Waals surface area contributed by atoms with Gasteiger partial charge in [0.25, 0.3) is 0 Å². The second kappa shape index (κ2) is 6.02. The van der Waals surface area contributed by atoms with Gasteiger partial charge in [-0.25, -0.2) is 5.14 Å². The molecule has 0 radical (unpaired) electrons. The van der Waals surface area contributed by atoms with Crippen LogP contribution in [0.2, 0.25) is 0 Å². The van der Waals surface area contributed by atoms with Gasteiger partial charge in [-0.05, 0) is 0 Å². The molecular formula is H7CaMgNO3S. The molecule has 0 aromatic rings. The SMILES string of the molecule is NS(=O)(=O)O.[Ca+2].[H-].[H-].[H-].[H-].[Mg+2]. The molecule has 40 valence electrons. The van der Waals surface area contributed by atoms with Crippen molar-refractivity contribution >= 4 is 71.1 Å². The molecule has 0 fully saturated rings. The van der Waals surface area contributed by atoms with E-state index in [2.05, 4.69) is 5.14 Å². The molecule has 0 aromatic heterocycles. The fraction of sp³-hybridized carbons (Fsp3) is 0. The number of hydrogen-bond donors (Lipinski definition) is 2. The second-order valence-corrected chi connectivity index (χ2v) is 1.54. The minimum atomic E-state index is -4.17. The van der Waals surface area contributed by atoms with Crippen molar-refractivity contribution in [1.29, 1.82) is 0 Å². The largest absolute Gasteiger partial charge is 2.00 e. The molecule has 0 unspecified atom stereocenters. The Balaban J connectivity index is -0.00000000533. The van der Waals surface area contributed by atoms with E-state index in [9.17, 15) is 0 Å². The van der Waals surface area contributed by atoms with Gasteiger partial charge in [0, 0.05) is 0 Å². The van der Waals surface area contributed by atoms with E-state index in [1.807, 2.05) is 0 Å². The minimum absolute atomic E-state index is 0.